The molecule has 0 unspecified atom stereocenters. The minimum atomic E-state index is -0.187. The fraction of sp³-hybridized carbons (Fsp3) is 0.500. The molecule has 0 atom stereocenters. The van der Waals surface area contributed by atoms with E-state index in [-0.39, 0.29) is 11.2 Å². The molecule has 1 fully saturated rings. The predicted octanol–water partition coefficient (Wildman–Crippen LogP) is 1.98. The van der Waals surface area contributed by atoms with Gasteiger partial charge in [-0.05, 0) is 25.8 Å². The molecule has 13 heavy (non-hydrogen) atoms. The average molecular weight is 195 g/mol. The van der Waals surface area contributed by atoms with E-state index in [0.717, 1.165) is 18.4 Å². The summed E-state index contributed by atoms with van der Waals surface area (Å²) in [6.45, 7) is 2.52. The number of nitrogens with two attached hydrogens (primary N) is 1. The molecule has 1 aliphatic rings. The molecule has 0 amide bonds. The van der Waals surface area contributed by atoms with Gasteiger partial charge in [0.25, 0.3) is 0 Å². The molecule has 70 valence electrons. The summed E-state index contributed by atoms with van der Waals surface area (Å²) in [5.74, 6) is 0.249. The first-order valence-corrected chi connectivity index (χ1v) is 5.36. The normalized spacial score (nSPS) is 18.6. The fourth-order valence-corrected chi connectivity index (χ4v) is 2.23. The van der Waals surface area contributed by atoms with Crippen molar-refractivity contribution in [2.24, 2.45) is 11.1 Å². The van der Waals surface area contributed by atoms with Gasteiger partial charge in [0.1, 0.15) is 0 Å². The summed E-state index contributed by atoms with van der Waals surface area (Å²) in [7, 11) is 0. The van der Waals surface area contributed by atoms with Gasteiger partial charge >= 0.3 is 0 Å². The molecule has 1 heterocycles. The SMILES string of the molecule is Cc1cc(C(=O)C2(CN)CC2)cs1. The molecular weight excluding hydrogens is 182 g/mol. The van der Waals surface area contributed by atoms with E-state index in [4.69, 9.17) is 5.73 Å². The van der Waals surface area contributed by atoms with E-state index in [9.17, 15) is 4.79 Å². The van der Waals surface area contributed by atoms with Crippen molar-refractivity contribution in [3.8, 4) is 0 Å². The lowest BCUT2D eigenvalue weighted by molar-refractivity contribution is 0.0906. The van der Waals surface area contributed by atoms with E-state index in [1.165, 1.54) is 4.88 Å². The Hall–Kier alpha value is -0.670. The Labute approximate surface area is 81.8 Å². The lowest BCUT2D eigenvalue weighted by Gasteiger charge is -2.08. The van der Waals surface area contributed by atoms with Gasteiger partial charge in [-0.15, -0.1) is 11.3 Å². The number of carbonyl (C=O) groups is 1. The van der Waals surface area contributed by atoms with Gasteiger partial charge in [-0.1, -0.05) is 0 Å². The zero-order valence-corrected chi connectivity index (χ0v) is 8.49. The highest BCUT2D eigenvalue weighted by molar-refractivity contribution is 7.10. The summed E-state index contributed by atoms with van der Waals surface area (Å²) in [6, 6.07) is 1.96. The summed E-state index contributed by atoms with van der Waals surface area (Å²) in [4.78, 5) is 13.1. The van der Waals surface area contributed by atoms with Crippen LogP contribution in [0.3, 0.4) is 0 Å². The number of hydrogen-bond acceptors (Lipinski definition) is 3. The van der Waals surface area contributed by atoms with Gasteiger partial charge in [-0.25, -0.2) is 0 Å². The smallest absolute Gasteiger partial charge is 0.171 e. The van der Waals surface area contributed by atoms with Crippen molar-refractivity contribution in [3.05, 3.63) is 21.9 Å². The number of aryl methyl sites for hydroxylation is 1. The van der Waals surface area contributed by atoms with Crippen LogP contribution in [0.5, 0.6) is 0 Å². The van der Waals surface area contributed by atoms with E-state index in [1.807, 2.05) is 18.4 Å². The Morgan fingerprint density at radius 2 is 2.38 bits per heavy atom. The van der Waals surface area contributed by atoms with Gasteiger partial charge in [-0.2, -0.15) is 0 Å². The molecule has 0 bridgehead atoms. The van der Waals surface area contributed by atoms with Crippen LogP contribution >= 0.6 is 11.3 Å². The van der Waals surface area contributed by atoms with Gasteiger partial charge in [0.2, 0.25) is 0 Å². The van der Waals surface area contributed by atoms with Crippen molar-refractivity contribution < 1.29 is 4.79 Å². The van der Waals surface area contributed by atoms with Crippen molar-refractivity contribution >= 4 is 17.1 Å². The highest BCUT2D eigenvalue weighted by Gasteiger charge is 2.48. The monoisotopic (exact) mass is 195 g/mol. The molecule has 3 heteroatoms. The first-order valence-electron chi connectivity index (χ1n) is 4.48. The van der Waals surface area contributed by atoms with Crippen LogP contribution < -0.4 is 5.73 Å². The van der Waals surface area contributed by atoms with Gasteiger partial charge in [0.15, 0.2) is 5.78 Å². The molecule has 1 saturated carbocycles. The second-order valence-corrected chi connectivity index (χ2v) is 4.87. The maximum Gasteiger partial charge on any atom is 0.171 e. The van der Waals surface area contributed by atoms with E-state index >= 15 is 0 Å². The van der Waals surface area contributed by atoms with Crippen molar-refractivity contribution in [3.63, 3.8) is 0 Å². The van der Waals surface area contributed by atoms with Crippen LogP contribution in [-0.4, -0.2) is 12.3 Å². The molecule has 0 radical (unpaired) electrons. The average Bonchev–Trinajstić information content (AvgIpc) is 2.82. The molecular formula is C10H13NOS. The van der Waals surface area contributed by atoms with Crippen LogP contribution in [0.1, 0.15) is 28.1 Å². The molecule has 2 nitrogen and oxygen atoms in total. The van der Waals surface area contributed by atoms with E-state index < -0.39 is 0 Å². The first kappa shape index (κ1) is 8.91. The Morgan fingerprint density at radius 3 is 2.77 bits per heavy atom. The molecule has 2 N–H and O–H groups in total. The minimum absolute atomic E-state index is 0.187. The molecule has 1 aromatic heterocycles. The van der Waals surface area contributed by atoms with Crippen LogP contribution in [0.2, 0.25) is 0 Å². The third-order valence-corrected chi connectivity index (χ3v) is 3.58. The topological polar surface area (TPSA) is 43.1 Å². The number of rotatable bonds is 3. The summed E-state index contributed by atoms with van der Waals surface area (Å²) < 4.78 is 0. The lowest BCUT2D eigenvalue weighted by Crippen LogP contribution is -2.24. The standard InChI is InChI=1S/C10H13NOS/c1-7-4-8(5-13-7)9(12)10(6-11)2-3-10/h4-5H,2-3,6,11H2,1H3. The van der Waals surface area contributed by atoms with Crippen molar-refractivity contribution in [1.82, 2.24) is 0 Å². The third-order valence-electron chi connectivity index (χ3n) is 2.72. The number of Topliss-reactive ketones (excluding diaryl/α,β-unsaturated/α-hetero) is 1. The lowest BCUT2D eigenvalue weighted by atomic mass is 9.97. The van der Waals surface area contributed by atoms with E-state index in [1.54, 1.807) is 11.3 Å². The highest BCUT2D eigenvalue weighted by Crippen LogP contribution is 2.47. The second-order valence-electron chi connectivity index (χ2n) is 3.76. The van der Waals surface area contributed by atoms with Crippen LogP contribution in [0.4, 0.5) is 0 Å². The number of ketones is 1. The Balaban J connectivity index is 2.23. The Kier molecular flexibility index (Phi) is 2.00. The minimum Gasteiger partial charge on any atom is -0.329 e. The van der Waals surface area contributed by atoms with Crippen LogP contribution in [0.15, 0.2) is 11.4 Å². The Bertz CT molecular complexity index is 338. The molecule has 1 aliphatic carbocycles. The Morgan fingerprint density at radius 1 is 1.69 bits per heavy atom. The van der Waals surface area contributed by atoms with Crippen molar-refractivity contribution in [2.45, 2.75) is 19.8 Å². The van der Waals surface area contributed by atoms with Gasteiger partial charge in [-0.3, -0.25) is 4.79 Å². The van der Waals surface area contributed by atoms with Gasteiger partial charge in [0, 0.05) is 27.8 Å². The molecule has 2 rings (SSSR count). The summed E-state index contributed by atoms with van der Waals surface area (Å²) in [6.07, 6.45) is 1.94. The first-order chi connectivity index (χ1) is 6.18. The van der Waals surface area contributed by atoms with Crippen LogP contribution in [0, 0.1) is 12.3 Å². The fourth-order valence-electron chi connectivity index (χ4n) is 1.54. The number of thiophene rings is 1. The van der Waals surface area contributed by atoms with Crippen molar-refractivity contribution in [1.29, 1.82) is 0 Å². The van der Waals surface area contributed by atoms with E-state index in [0.29, 0.717) is 6.54 Å². The predicted molar refractivity (Wildman–Crippen MR) is 54.1 cm³/mol. The number of carbonyl (C=O) groups excluding carboxylic acids is 1. The molecule has 0 spiro atoms. The summed E-state index contributed by atoms with van der Waals surface area (Å²) in [5, 5.41) is 1.94. The van der Waals surface area contributed by atoms with Gasteiger partial charge < -0.3 is 5.73 Å². The van der Waals surface area contributed by atoms with Crippen molar-refractivity contribution in [2.75, 3.05) is 6.54 Å². The molecule has 1 aromatic rings. The second kappa shape index (κ2) is 2.93. The quantitative estimate of drug-likeness (QED) is 0.749. The highest BCUT2D eigenvalue weighted by atomic mass is 32.1. The van der Waals surface area contributed by atoms with Crippen LogP contribution in [-0.2, 0) is 0 Å². The third kappa shape index (κ3) is 1.42. The molecule has 0 aliphatic heterocycles. The van der Waals surface area contributed by atoms with Gasteiger partial charge in [0.05, 0.1) is 0 Å². The summed E-state index contributed by atoms with van der Waals surface area (Å²) >= 11 is 1.63. The van der Waals surface area contributed by atoms with E-state index in [2.05, 4.69) is 0 Å². The molecule has 0 saturated heterocycles. The largest absolute Gasteiger partial charge is 0.329 e. The summed E-state index contributed by atoms with van der Waals surface area (Å²) in [5.41, 5.74) is 6.26. The zero-order valence-electron chi connectivity index (χ0n) is 7.67. The maximum absolute atomic E-state index is 11.9. The number of hydrogen-bond donors (Lipinski definition) is 1. The zero-order chi connectivity index (χ0) is 9.47. The van der Waals surface area contributed by atoms with Crippen LogP contribution in [0.25, 0.3) is 0 Å². The molecule has 0 aromatic carbocycles. The maximum atomic E-state index is 11.9.